The van der Waals surface area contributed by atoms with Crippen LogP contribution in [0.1, 0.15) is 0 Å². The van der Waals surface area contributed by atoms with Crippen LogP contribution in [0.4, 0.5) is 0 Å². The minimum absolute atomic E-state index is 0.182. The lowest BCUT2D eigenvalue weighted by Crippen LogP contribution is -2.10. The monoisotopic (exact) mass is 183 g/mol. The fourth-order valence-corrected chi connectivity index (χ4v) is 1.07. The van der Waals surface area contributed by atoms with Gasteiger partial charge in [-0.2, -0.15) is 0 Å². The van der Waals surface area contributed by atoms with Gasteiger partial charge in [0.2, 0.25) is 0 Å². The number of phosphoric ester groups is 1. The highest BCUT2D eigenvalue weighted by molar-refractivity contribution is 7.48. The average Bonchev–Trinajstić information content (AvgIpc) is 2.00. The van der Waals surface area contributed by atoms with Gasteiger partial charge in [-0.05, 0) is 6.92 Å². The van der Waals surface area contributed by atoms with Crippen molar-refractivity contribution in [1.82, 2.24) is 0 Å². The predicted molar refractivity (Wildman–Crippen MR) is 38.9 cm³/mol. The molecule has 0 spiro atoms. The quantitative estimate of drug-likeness (QED) is 0.632. The van der Waals surface area contributed by atoms with Gasteiger partial charge in [-0.15, -0.1) is 0 Å². The Morgan fingerprint density at radius 2 is 2.00 bits per heavy atom. The van der Waals surface area contributed by atoms with E-state index in [4.69, 9.17) is 5.11 Å². The molecule has 0 aromatic heterocycles. The van der Waals surface area contributed by atoms with Crippen molar-refractivity contribution in [1.29, 1.82) is 0 Å². The summed E-state index contributed by atoms with van der Waals surface area (Å²) in [6, 6.07) is 0. The Bertz CT molecular complexity index is 138. The fraction of sp³-hybridized carbons (Fsp3) is 0.800. The standard InChI is InChI=1S/C5H12O5P/c1-5(6)4-10-11(7,8-2)9-3/h5-6H,1,4H2,2-3H3/t5-/m0/s1. The maximum absolute atomic E-state index is 11.0. The van der Waals surface area contributed by atoms with E-state index in [0.29, 0.717) is 0 Å². The summed E-state index contributed by atoms with van der Waals surface area (Å²) in [4.78, 5) is 0. The second-order valence-corrected chi connectivity index (χ2v) is 3.64. The highest BCUT2D eigenvalue weighted by atomic mass is 31.2. The Hall–Kier alpha value is 0.0700. The number of aliphatic hydroxyl groups excluding tert-OH is 1. The van der Waals surface area contributed by atoms with Crippen LogP contribution in [0.5, 0.6) is 0 Å². The summed E-state index contributed by atoms with van der Waals surface area (Å²) in [5, 5.41) is 8.64. The third-order valence-electron chi connectivity index (χ3n) is 0.872. The van der Waals surface area contributed by atoms with Crippen LogP contribution in [-0.4, -0.2) is 32.0 Å². The molecule has 1 atom stereocenters. The summed E-state index contributed by atoms with van der Waals surface area (Å²) in [6.45, 7) is 3.03. The molecule has 0 amide bonds. The smallest absolute Gasteiger partial charge is 0.391 e. The van der Waals surface area contributed by atoms with Gasteiger partial charge in [0.05, 0.1) is 12.7 Å². The maximum Gasteiger partial charge on any atom is 0.474 e. The molecule has 0 unspecified atom stereocenters. The van der Waals surface area contributed by atoms with Gasteiger partial charge in [0.25, 0.3) is 0 Å². The van der Waals surface area contributed by atoms with Gasteiger partial charge in [-0.1, -0.05) is 0 Å². The second-order valence-electron chi connectivity index (χ2n) is 1.76. The summed E-state index contributed by atoms with van der Waals surface area (Å²) in [5.74, 6) is 0. The second kappa shape index (κ2) is 4.85. The Balaban J connectivity index is 3.79. The molecule has 0 aliphatic carbocycles. The molecule has 0 heterocycles. The molecule has 6 heteroatoms. The molecule has 1 N–H and O–H groups in total. The Kier molecular flexibility index (Phi) is 4.88. The zero-order chi connectivity index (χ0) is 8.91. The fourth-order valence-electron chi connectivity index (χ4n) is 0.357. The van der Waals surface area contributed by atoms with Crippen molar-refractivity contribution in [2.24, 2.45) is 0 Å². The van der Waals surface area contributed by atoms with Crippen molar-refractivity contribution in [2.45, 2.75) is 6.10 Å². The molecular weight excluding hydrogens is 171 g/mol. The highest BCUT2D eigenvalue weighted by Crippen LogP contribution is 2.47. The van der Waals surface area contributed by atoms with Gasteiger partial charge in [0.15, 0.2) is 0 Å². The molecule has 0 aromatic carbocycles. The molecule has 0 saturated carbocycles. The SMILES string of the molecule is [CH2][C@H](O)COP(=O)(OC)OC. The van der Waals surface area contributed by atoms with Crippen molar-refractivity contribution in [3.05, 3.63) is 6.92 Å². The molecule has 0 bridgehead atoms. The van der Waals surface area contributed by atoms with Crippen LogP contribution in [0, 0.1) is 6.92 Å². The number of rotatable bonds is 5. The molecule has 0 rings (SSSR count). The summed E-state index contributed by atoms with van der Waals surface area (Å²) >= 11 is 0. The van der Waals surface area contributed by atoms with E-state index < -0.39 is 13.9 Å². The molecule has 0 aliphatic heterocycles. The van der Waals surface area contributed by atoms with E-state index in [9.17, 15) is 4.57 Å². The van der Waals surface area contributed by atoms with Crippen LogP contribution in [0.15, 0.2) is 0 Å². The van der Waals surface area contributed by atoms with Crippen LogP contribution in [0.25, 0.3) is 0 Å². The summed E-state index contributed by atoms with van der Waals surface area (Å²) < 4.78 is 24.5. The number of hydrogen-bond donors (Lipinski definition) is 1. The van der Waals surface area contributed by atoms with Crippen molar-refractivity contribution in [2.75, 3.05) is 20.8 Å². The number of aliphatic hydroxyl groups is 1. The Morgan fingerprint density at radius 1 is 1.55 bits per heavy atom. The third kappa shape index (κ3) is 4.50. The van der Waals surface area contributed by atoms with Gasteiger partial charge < -0.3 is 5.11 Å². The van der Waals surface area contributed by atoms with Gasteiger partial charge in [0, 0.05) is 14.2 Å². The van der Waals surface area contributed by atoms with Gasteiger partial charge in [-0.25, -0.2) is 4.57 Å². The van der Waals surface area contributed by atoms with Gasteiger partial charge in [-0.3, -0.25) is 13.6 Å². The summed E-state index contributed by atoms with van der Waals surface area (Å²) in [6.07, 6.45) is -0.936. The lowest BCUT2D eigenvalue weighted by Gasteiger charge is -2.13. The Morgan fingerprint density at radius 3 is 2.27 bits per heavy atom. The van der Waals surface area contributed by atoms with Crippen molar-refractivity contribution < 1.29 is 23.2 Å². The first-order chi connectivity index (χ1) is 5.04. The van der Waals surface area contributed by atoms with Crippen molar-refractivity contribution in [3.8, 4) is 0 Å². The van der Waals surface area contributed by atoms with E-state index in [-0.39, 0.29) is 6.61 Å². The molecule has 0 saturated heterocycles. The maximum atomic E-state index is 11.0. The third-order valence-corrected chi connectivity index (χ3v) is 2.23. The largest absolute Gasteiger partial charge is 0.474 e. The zero-order valence-corrected chi connectivity index (χ0v) is 7.41. The topological polar surface area (TPSA) is 65.0 Å². The zero-order valence-electron chi connectivity index (χ0n) is 6.52. The molecular formula is C5H12O5P. The van der Waals surface area contributed by atoms with E-state index in [1.807, 2.05) is 0 Å². The molecule has 67 valence electrons. The van der Waals surface area contributed by atoms with Crippen LogP contribution in [0.3, 0.4) is 0 Å². The Labute approximate surface area is 65.9 Å². The van der Waals surface area contributed by atoms with E-state index in [2.05, 4.69) is 20.5 Å². The molecule has 0 aromatic rings. The van der Waals surface area contributed by atoms with E-state index >= 15 is 0 Å². The summed E-state index contributed by atoms with van der Waals surface area (Å²) in [5.41, 5.74) is 0. The van der Waals surface area contributed by atoms with Crippen LogP contribution < -0.4 is 0 Å². The normalized spacial score (nSPS) is 14.9. The lowest BCUT2D eigenvalue weighted by molar-refractivity contribution is 0.0952. The number of hydrogen-bond acceptors (Lipinski definition) is 5. The highest BCUT2D eigenvalue weighted by Gasteiger charge is 2.22. The summed E-state index contributed by atoms with van der Waals surface area (Å²) in [7, 11) is -1.05. The molecule has 0 aliphatic rings. The van der Waals surface area contributed by atoms with Crippen LogP contribution >= 0.6 is 7.82 Å². The van der Waals surface area contributed by atoms with Gasteiger partial charge >= 0.3 is 7.82 Å². The van der Waals surface area contributed by atoms with E-state index in [1.54, 1.807) is 0 Å². The molecule has 0 fully saturated rings. The average molecular weight is 183 g/mol. The van der Waals surface area contributed by atoms with E-state index in [1.165, 1.54) is 14.2 Å². The minimum Gasteiger partial charge on any atom is -0.391 e. The van der Waals surface area contributed by atoms with Crippen LogP contribution in [-0.2, 0) is 18.1 Å². The first kappa shape index (κ1) is 11.1. The van der Waals surface area contributed by atoms with Crippen molar-refractivity contribution in [3.63, 3.8) is 0 Å². The first-order valence-electron chi connectivity index (χ1n) is 2.91. The van der Waals surface area contributed by atoms with E-state index in [0.717, 1.165) is 0 Å². The minimum atomic E-state index is -3.44. The van der Waals surface area contributed by atoms with Crippen LogP contribution in [0.2, 0.25) is 0 Å². The molecule has 1 radical (unpaired) electrons. The number of phosphoric acid groups is 1. The van der Waals surface area contributed by atoms with Gasteiger partial charge in [0.1, 0.15) is 0 Å². The first-order valence-corrected chi connectivity index (χ1v) is 4.37. The lowest BCUT2D eigenvalue weighted by atomic mass is 10.5. The molecule has 11 heavy (non-hydrogen) atoms. The molecule has 5 nitrogen and oxygen atoms in total. The van der Waals surface area contributed by atoms with Crippen molar-refractivity contribution >= 4 is 7.82 Å². The predicted octanol–water partition coefficient (Wildman–Crippen LogP) is 0.599.